The number of nitrogens with zero attached hydrogens (tertiary/aromatic N) is 3. The predicted octanol–water partition coefficient (Wildman–Crippen LogP) is 2.45. The van der Waals surface area contributed by atoms with Gasteiger partial charge in [0.15, 0.2) is 10.5 Å². The van der Waals surface area contributed by atoms with Crippen LogP contribution in [-0.4, -0.2) is 15.0 Å². The average Bonchev–Trinajstić information content (AvgIpc) is 2.73. The standard InChI is InChI=1S/C12H16N4S/c1-8-3-2-4-12(13,7-8)11-16-9-10(17-11)15-6-5-14-9/h5-6,8H,2-4,7,13H2,1H3. The zero-order chi connectivity index (χ0) is 11.9. The smallest absolute Gasteiger partial charge is 0.189 e. The van der Waals surface area contributed by atoms with Gasteiger partial charge in [0, 0.05) is 12.4 Å². The molecule has 4 nitrogen and oxygen atoms in total. The van der Waals surface area contributed by atoms with E-state index in [0.29, 0.717) is 5.92 Å². The average molecular weight is 248 g/mol. The van der Waals surface area contributed by atoms with Crippen LogP contribution in [0.25, 0.3) is 10.5 Å². The van der Waals surface area contributed by atoms with Crippen molar-refractivity contribution in [3.05, 3.63) is 17.4 Å². The molecular formula is C12H16N4S. The second-order valence-corrected chi connectivity index (χ2v) is 6.04. The summed E-state index contributed by atoms with van der Waals surface area (Å²) in [5.41, 5.74) is 7.00. The van der Waals surface area contributed by atoms with E-state index in [1.165, 1.54) is 12.8 Å². The molecule has 0 aliphatic heterocycles. The lowest BCUT2D eigenvalue weighted by atomic mass is 9.77. The maximum atomic E-state index is 6.53. The van der Waals surface area contributed by atoms with E-state index < -0.39 is 0 Å². The van der Waals surface area contributed by atoms with Crippen molar-refractivity contribution in [3.8, 4) is 0 Å². The van der Waals surface area contributed by atoms with Crippen LogP contribution in [0.1, 0.15) is 37.6 Å². The fourth-order valence-electron chi connectivity index (χ4n) is 2.68. The van der Waals surface area contributed by atoms with Crippen LogP contribution in [0, 0.1) is 5.92 Å². The van der Waals surface area contributed by atoms with Crippen LogP contribution < -0.4 is 5.73 Å². The molecule has 1 aliphatic carbocycles. The minimum absolute atomic E-state index is 0.259. The molecule has 90 valence electrons. The third-order valence-electron chi connectivity index (χ3n) is 3.51. The SMILES string of the molecule is CC1CCCC(N)(c2nc3nccnc3s2)C1. The summed E-state index contributed by atoms with van der Waals surface area (Å²) < 4.78 is 0. The van der Waals surface area contributed by atoms with Crippen LogP contribution in [0.4, 0.5) is 0 Å². The Bertz CT molecular complexity index is 505. The molecule has 2 aromatic heterocycles. The van der Waals surface area contributed by atoms with Crippen molar-refractivity contribution < 1.29 is 0 Å². The highest BCUT2D eigenvalue weighted by atomic mass is 32.1. The van der Waals surface area contributed by atoms with Crippen LogP contribution in [0.5, 0.6) is 0 Å². The van der Waals surface area contributed by atoms with Gasteiger partial charge in [0.1, 0.15) is 5.01 Å². The van der Waals surface area contributed by atoms with Crippen molar-refractivity contribution >= 4 is 21.8 Å². The molecule has 0 radical (unpaired) electrons. The largest absolute Gasteiger partial charge is 0.319 e. The lowest BCUT2D eigenvalue weighted by Crippen LogP contribution is -2.40. The van der Waals surface area contributed by atoms with Crippen LogP contribution >= 0.6 is 11.3 Å². The van der Waals surface area contributed by atoms with Gasteiger partial charge in [0.2, 0.25) is 0 Å². The number of hydrogen-bond acceptors (Lipinski definition) is 5. The molecule has 3 rings (SSSR count). The zero-order valence-electron chi connectivity index (χ0n) is 9.89. The number of rotatable bonds is 1. The molecule has 0 bridgehead atoms. The number of fused-ring (bicyclic) bond motifs is 1. The lowest BCUT2D eigenvalue weighted by molar-refractivity contribution is 0.239. The van der Waals surface area contributed by atoms with Gasteiger partial charge in [0.25, 0.3) is 0 Å². The monoisotopic (exact) mass is 248 g/mol. The molecule has 5 heteroatoms. The van der Waals surface area contributed by atoms with Gasteiger partial charge in [0.05, 0.1) is 5.54 Å². The Morgan fingerprint density at radius 3 is 3.00 bits per heavy atom. The highest BCUT2D eigenvalue weighted by Gasteiger charge is 2.35. The molecule has 2 N–H and O–H groups in total. The number of thiazole rings is 1. The molecule has 0 saturated heterocycles. The van der Waals surface area contributed by atoms with Gasteiger partial charge in [-0.2, -0.15) is 0 Å². The maximum absolute atomic E-state index is 6.53. The van der Waals surface area contributed by atoms with Crippen LogP contribution in [-0.2, 0) is 5.54 Å². The summed E-state index contributed by atoms with van der Waals surface area (Å²) in [4.78, 5) is 14.0. The molecule has 1 saturated carbocycles. The van der Waals surface area contributed by atoms with Gasteiger partial charge in [-0.25, -0.2) is 15.0 Å². The summed E-state index contributed by atoms with van der Waals surface area (Å²) in [6, 6.07) is 0. The normalized spacial score (nSPS) is 29.6. The van der Waals surface area contributed by atoms with Gasteiger partial charge in [-0.3, -0.25) is 0 Å². The fourth-order valence-corrected chi connectivity index (χ4v) is 3.68. The summed E-state index contributed by atoms with van der Waals surface area (Å²) in [5.74, 6) is 0.682. The third kappa shape index (κ3) is 1.93. The van der Waals surface area contributed by atoms with E-state index in [-0.39, 0.29) is 5.54 Å². The molecule has 0 amide bonds. The minimum Gasteiger partial charge on any atom is -0.319 e. The Morgan fingerprint density at radius 1 is 1.41 bits per heavy atom. The Morgan fingerprint density at radius 2 is 2.24 bits per heavy atom. The molecule has 1 fully saturated rings. The lowest BCUT2D eigenvalue weighted by Gasteiger charge is -2.34. The molecule has 2 heterocycles. The van der Waals surface area contributed by atoms with E-state index in [9.17, 15) is 0 Å². The summed E-state index contributed by atoms with van der Waals surface area (Å²) >= 11 is 1.59. The Balaban J connectivity index is 2.02. The summed E-state index contributed by atoms with van der Waals surface area (Å²) in [5, 5.41) is 1.00. The van der Waals surface area contributed by atoms with Crippen molar-refractivity contribution in [2.75, 3.05) is 0 Å². The molecule has 1 aliphatic rings. The van der Waals surface area contributed by atoms with Crippen LogP contribution in [0.3, 0.4) is 0 Å². The van der Waals surface area contributed by atoms with Gasteiger partial charge in [-0.1, -0.05) is 31.1 Å². The van der Waals surface area contributed by atoms with E-state index in [2.05, 4.69) is 21.9 Å². The van der Waals surface area contributed by atoms with Crippen LogP contribution in [0.2, 0.25) is 0 Å². The van der Waals surface area contributed by atoms with Gasteiger partial charge in [-0.15, -0.1) is 0 Å². The minimum atomic E-state index is -0.259. The van der Waals surface area contributed by atoms with Crippen molar-refractivity contribution in [2.45, 2.75) is 38.1 Å². The summed E-state index contributed by atoms with van der Waals surface area (Å²) in [6.45, 7) is 2.27. The molecule has 0 spiro atoms. The molecule has 2 atom stereocenters. The predicted molar refractivity (Wildman–Crippen MR) is 68.7 cm³/mol. The molecule has 2 unspecified atom stereocenters. The fraction of sp³-hybridized carbons (Fsp3) is 0.583. The summed E-state index contributed by atoms with van der Waals surface area (Å²) in [6.07, 6.45) is 7.90. The van der Waals surface area contributed by atoms with Gasteiger partial charge < -0.3 is 5.73 Å². The van der Waals surface area contributed by atoms with Gasteiger partial charge in [-0.05, 0) is 18.8 Å². The third-order valence-corrected chi connectivity index (χ3v) is 4.68. The van der Waals surface area contributed by atoms with E-state index in [1.54, 1.807) is 23.7 Å². The molecule has 0 aromatic carbocycles. The van der Waals surface area contributed by atoms with E-state index in [1.807, 2.05) is 0 Å². The topological polar surface area (TPSA) is 64.7 Å². The van der Waals surface area contributed by atoms with E-state index >= 15 is 0 Å². The number of nitrogens with two attached hydrogens (primary N) is 1. The van der Waals surface area contributed by atoms with Gasteiger partial charge >= 0.3 is 0 Å². The highest BCUT2D eigenvalue weighted by Crippen LogP contribution is 2.39. The Hall–Kier alpha value is -1.07. The van der Waals surface area contributed by atoms with Crippen LogP contribution in [0.15, 0.2) is 12.4 Å². The number of aromatic nitrogens is 3. The first kappa shape index (κ1) is 11.0. The summed E-state index contributed by atoms with van der Waals surface area (Å²) in [7, 11) is 0. The van der Waals surface area contributed by atoms with E-state index in [4.69, 9.17) is 5.73 Å². The van der Waals surface area contributed by atoms with Crippen molar-refractivity contribution in [1.82, 2.24) is 15.0 Å². The van der Waals surface area contributed by atoms with E-state index in [0.717, 1.165) is 28.3 Å². The molecule has 17 heavy (non-hydrogen) atoms. The second kappa shape index (κ2) is 3.99. The first-order valence-corrected chi connectivity index (χ1v) is 6.86. The Labute approximate surface area is 104 Å². The quantitative estimate of drug-likeness (QED) is 0.842. The molecule has 2 aromatic rings. The van der Waals surface area contributed by atoms with Crippen molar-refractivity contribution in [3.63, 3.8) is 0 Å². The number of hydrogen-bond donors (Lipinski definition) is 1. The highest BCUT2D eigenvalue weighted by molar-refractivity contribution is 7.18. The maximum Gasteiger partial charge on any atom is 0.189 e. The first-order valence-electron chi connectivity index (χ1n) is 6.04. The van der Waals surface area contributed by atoms with Crippen molar-refractivity contribution in [2.24, 2.45) is 11.7 Å². The second-order valence-electron chi connectivity index (χ2n) is 5.06. The zero-order valence-corrected chi connectivity index (χ0v) is 10.7. The van der Waals surface area contributed by atoms with Crippen molar-refractivity contribution in [1.29, 1.82) is 0 Å². The molecular weight excluding hydrogens is 232 g/mol. The Kier molecular flexibility index (Phi) is 2.60. The first-order chi connectivity index (χ1) is 8.17.